The number of nitrogens with zero attached hydrogens (tertiary/aromatic N) is 3. The van der Waals surface area contributed by atoms with Gasteiger partial charge in [-0.2, -0.15) is 0 Å². The zero-order valence-corrected chi connectivity index (χ0v) is 24.8. The van der Waals surface area contributed by atoms with Crippen LogP contribution in [0.1, 0.15) is 47.0 Å². The van der Waals surface area contributed by atoms with Crippen LogP contribution in [-0.4, -0.2) is 82.2 Å². The summed E-state index contributed by atoms with van der Waals surface area (Å²) < 4.78 is 6.79. The Kier molecular flexibility index (Phi) is 8.83. The Morgan fingerprint density at radius 2 is 1.82 bits per heavy atom. The van der Waals surface area contributed by atoms with E-state index in [4.69, 9.17) is 16.3 Å². The highest BCUT2D eigenvalue weighted by Gasteiger charge is 2.79. The van der Waals surface area contributed by atoms with Crippen molar-refractivity contribution < 1.29 is 24.2 Å². The summed E-state index contributed by atoms with van der Waals surface area (Å²) in [6, 6.07) is 5.29. The van der Waals surface area contributed by atoms with E-state index in [1.165, 1.54) is 4.90 Å². The van der Waals surface area contributed by atoms with Gasteiger partial charge in [0, 0.05) is 30.3 Å². The predicted molar refractivity (Wildman–Crippen MR) is 156 cm³/mol. The maximum absolute atomic E-state index is 14.6. The number of carbonyl (C=O) groups excluding carboxylic acids is 3. The average Bonchev–Trinajstić information content (AvgIpc) is 3.48. The lowest BCUT2D eigenvalue weighted by Crippen LogP contribution is -2.60. The van der Waals surface area contributed by atoms with Crippen molar-refractivity contribution in [1.82, 2.24) is 9.80 Å². The van der Waals surface area contributed by atoms with Gasteiger partial charge in [0.25, 0.3) is 5.91 Å². The van der Waals surface area contributed by atoms with Gasteiger partial charge in [0.1, 0.15) is 11.6 Å². The molecule has 2 unspecified atom stereocenters. The monoisotopic (exact) mass is 571 g/mol. The quantitative estimate of drug-likeness (QED) is 0.382. The molecule has 0 radical (unpaired) electrons. The highest BCUT2D eigenvalue weighted by Crippen LogP contribution is 2.64. The van der Waals surface area contributed by atoms with Crippen LogP contribution in [-0.2, 0) is 19.1 Å². The number of rotatable bonds is 12. The standard InChI is InChI=1S/C31H42ClN3O5/c1-7-16-33(17-8-2)27(37)24-25-28(38)35(23(19-36)20(4)5)26(31(25)15-14-30(24,6)40-31)29(39)34(18-9-3)22-12-10-21(32)11-13-22/h7,9-13,20,23-26,36H,1,3,8,14-19H2,2,4-6H3/t23-,24+,25-,26?,30-,31?/m0/s1. The number of hydrogen-bond donors (Lipinski definition) is 1. The number of aliphatic hydroxyl groups excluding tert-OH is 1. The van der Waals surface area contributed by atoms with Crippen LogP contribution >= 0.6 is 11.6 Å². The van der Waals surface area contributed by atoms with Crippen LogP contribution in [0.25, 0.3) is 0 Å². The highest BCUT2D eigenvalue weighted by molar-refractivity contribution is 6.30. The zero-order valence-electron chi connectivity index (χ0n) is 24.0. The second-order valence-electron chi connectivity index (χ2n) is 11.8. The molecule has 3 amide bonds. The van der Waals surface area contributed by atoms with E-state index < -0.39 is 35.1 Å². The number of ether oxygens (including phenoxy) is 1. The first-order valence-electron chi connectivity index (χ1n) is 14.2. The molecule has 3 heterocycles. The molecule has 40 heavy (non-hydrogen) atoms. The molecule has 4 rings (SSSR count). The lowest BCUT2D eigenvalue weighted by molar-refractivity contribution is -0.152. The average molecular weight is 572 g/mol. The van der Waals surface area contributed by atoms with Crippen molar-refractivity contribution in [1.29, 1.82) is 0 Å². The maximum Gasteiger partial charge on any atom is 0.253 e. The Labute approximate surface area is 242 Å². The Bertz CT molecular complexity index is 1160. The van der Waals surface area contributed by atoms with Crippen molar-refractivity contribution >= 4 is 35.0 Å². The van der Waals surface area contributed by atoms with Gasteiger partial charge in [-0.1, -0.05) is 44.5 Å². The number of benzene rings is 1. The SMILES string of the molecule is C=CCN(CCC)C(=O)[C@H]1[C@H]2C(=O)N([C@@H](CO)C(C)C)C(C(=O)N(CC=C)c3ccc(Cl)cc3)C23CC[C@]1(C)O3. The van der Waals surface area contributed by atoms with E-state index in [-0.39, 0.29) is 36.8 Å². The molecule has 3 fully saturated rings. The Balaban J connectivity index is 1.86. The second-order valence-corrected chi connectivity index (χ2v) is 12.2. The maximum atomic E-state index is 14.6. The van der Waals surface area contributed by atoms with E-state index in [0.29, 0.717) is 36.6 Å². The molecule has 0 aliphatic carbocycles. The van der Waals surface area contributed by atoms with Crippen LogP contribution in [0.3, 0.4) is 0 Å². The first kappa shape index (κ1) is 30.3. The van der Waals surface area contributed by atoms with Crippen molar-refractivity contribution in [2.45, 2.75) is 70.2 Å². The van der Waals surface area contributed by atoms with Gasteiger partial charge in [-0.25, -0.2) is 0 Å². The number of hydrogen-bond acceptors (Lipinski definition) is 5. The number of likely N-dealkylation sites (tertiary alicyclic amines) is 1. The van der Waals surface area contributed by atoms with Gasteiger partial charge in [0.15, 0.2) is 0 Å². The molecule has 1 N–H and O–H groups in total. The number of carbonyl (C=O) groups is 3. The van der Waals surface area contributed by atoms with E-state index in [1.807, 2.05) is 27.7 Å². The fourth-order valence-corrected chi connectivity index (χ4v) is 7.26. The van der Waals surface area contributed by atoms with Crippen LogP contribution < -0.4 is 4.90 Å². The minimum Gasteiger partial charge on any atom is -0.394 e. The van der Waals surface area contributed by atoms with E-state index in [1.54, 1.807) is 46.2 Å². The van der Waals surface area contributed by atoms with E-state index in [2.05, 4.69) is 13.2 Å². The van der Waals surface area contributed by atoms with Crippen LogP contribution in [0.5, 0.6) is 0 Å². The van der Waals surface area contributed by atoms with Crippen molar-refractivity contribution in [3.8, 4) is 0 Å². The molecule has 0 aromatic heterocycles. The topological polar surface area (TPSA) is 90.4 Å². The number of fused-ring (bicyclic) bond motifs is 1. The van der Waals surface area contributed by atoms with Gasteiger partial charge < -0.3 is 24.5 Å². The van der Waals surface area contributed by atoms with Gasteiger partial charge in [-0.3, -0.25) is 14.4 Å². The fraction of sp³-hybridized carbons (Fsp3) is 0.581. The summed E-state index contributed by atoms with van der Waals surface area (Å²) in [4.78, 5) is 48.1. The molecule has 1 aromatic rings. The first-order valence-corrected chi connectivity index (χ1v) is 14.6. The normalized spacial score (nSPS) is 29.4. The summed E-state index contributed by atoms with van der Waals surface area (Å²) in [6.07, 6.45) is 5.09. The Morgan fingerprint density at radius 3 is 2.38 bits per heavy atom. The molecule has 3 aliphatic heterocycles. The van der Waals surface area contributed by atoms with Crippen LogP contribution in [0.2, 0.25) is 5.02 Å². The van der Waals surface area contributed by atoms with E-state index in [9.17, 15) is 19.5 Å². The second kappa shape index (κ2) is 11.7. The minimum absolute atomic E-state index is 0.137. The number of amides is 3. The third-order valence-corrected chi connectivity index (χ3v) is 9.15. The van der Waals surface area contributed by atoms with Gasteiger partial charge in [-0.15, -0.1) is 13.2 Å². The number of aliphatic hydroxyl groups is 1. The van der Waals surface area contributed by atoms with E-state index in [0.717, 1.165) is 6.42 Å². The molecule has 1 spiro atoms. The predicted octanol–water partition coefficient (Wildman–Crippen LogP) is 4.07. The van der Waals surface area contributed by atoms with Gasteiger partial charge in [-0.05, 0) is 56.4 Å². The third kappa shape index (κ3) is 4.78. The summed E-state index contributed by atoms with van der Waals surface area (Å²) in [6.45, 7) is 16.2. The molecule has 2 bridgehead atoms. The lowest BCUT2D eigenvalue weighted by Gasteiger charge is -2.40. The summed E-state index contributed by atoms with van der Waals surface area (Å²) in [5.74, 6) is -2.50. The molecular weight excluding hydrogens is 530 g/mol. The fourth-order valence-electron chi connectivity index (χ4n) is 7.13. The summed E-state index contributed by atoms with van der Waals surface area (Å²) in [5, 5.41) is 11.0. The van der Waals surface area contributed by atoms with E-state index >= 15 is 0 Å². The Hall–Kier alpha value is -2.68. The molecule has 6 atom stereocenters. The molecule has 8 nitrogen and oxygen atoms in total. The molecule has 218 valence electrons. The number of anilines is 1. The largest absolute Gasteiger partial charge is 0.394 e. The van der Waals surface area contributed by atoms with Gasteiger partial charge in [0.05, 0.1) is 30.1 Å². The molecule has 3 aliphatic rings. The van der Waals surface area contributed by atoms with Crippen LogP contribution in [0.15, 0.2) is 49.6 Å². The molecule has 0 saturated carbocycles. The molecule has 9 heteroatoms. The molecular formula is C31H42ClN3O5. The van der Waals surface area contributed by atoms with Crippen molar-refractivity contribution in [3.05, 3.63) is 54.6 Å². The summed E-state index contributed by atoms with van der Waals surface area (Å²) in [5.41, 5.74) is -1.47. The Morgan fingerprint density at radius 1 is 1.18 bits per heavy atom. The zero-order chi connectivity index (χ0) is 29.4. The molecule has 1 aromatic carbocycles. The van der Waals surface area contributed by atoms with Crippen molar-refractivity contribution in [3.63, 3.8) is 0 Å². The van der Waals surface area contributed by atoms with Gasteiger partial charge >= 0.3 is 0 Å². The summed E-state index contributed by atoms with van der Waals surface area (Å²) >= 11 is 6.13. The van der Waals surface area contributed by atoms with Crippen molar-refractivity contribution in [2.75, 3.05) is 31.1 Å². The lowest BCUT2D eigenvalue weighted by atomic mass is 9.66. The van der Waals surface area contributed by atoms with Crippen LogP contribution in [0, 0.1) is 17.8 Å². The van der Waals surface area contributed by atoms with Gasteiger partial charge in [0.2, 0.25) is 11.8 Å². The smallest absolute Gasteiger partial charge is 0.253 e. The summed E-state index contributed by atoms with van der Waals surface area (Å²) in [7, 11) is 0. The highest BCUT2D eigenvalue weighted by atomic mass is 35.5. The van der Waals surface area contributed by atoms with Crippen LogP contribution in [0.4, 0.5) is 5.69 Å². The third-order valence-electron chi connectivity index (χ3n) is 8.90. The number of halogens is 1. The first-order chi connectivity index (χ1) is 19.0. The molecule has 3 saturated heterocycles. The van der Waals surface area contributed by atoms with Crippen molar-refractivity contribution in [2.24, 2.45) is 17.8 Å². The minimum atomic E-state index is -1.19.